The second-order valence-electron chi connectivity index (χ2n) is 10.5. The van der Waals surface area contributed by atoms with E-state index in [1.165, 1.54) is 74.7 Å². The topological polar surface area (TPSA) is 13.1 Å². The van der Waals surface area contributed by atoms with Crippen LogP contribution in [0, 0.1) is 0 Å². The molecule has 0 fully saturated rings. The predicted octanol–water partition coefficient (Wildman–Crippen LogP) is 11.6. The van der Waals surface area contributed by atoms with E-state index in [0.29, 0.717) is 0 Å². The van der Waals surface area contributed by atoms with Crippen LogP contribution in [0.2, 0.25) is 0 Å². The van der Waals surface area contributed by atoms with Crippen LogP contribution in [0.1, 0.15) is 0 Å². The summed E-state index contributed by atoms with van der Waals surface area (Å²) in [5.74, 6) is 0. The molecule has 0 bridgehead atoms. The van der Waals surface area contributed by atoms with Crippen LogP contribution in [0.15, 0.2) is 138 Å². The average molecular weight is 527 g/mol. The van der Waals surface area contributed by atoms with Crippen molar-refractivity contribution in [1.29, 1.82) is 0 Å². The zero-order valence-corrected chi connectivity index (χ0v) is 22.3. The first kappa shape index (κ1) is 22.0. The molecule has 0 N–H and O–H groups in total. The maximum Gasteiger partial charge on any atom is 0.134 e. The van der Waals surface area contributed by atoms with Crippen molar-refractivity contribution in [3.8, 4) is 22.3 Å². The number of rotatable bonds is 2. The third-order valence-corrected chi connectivity index (χ3v) is 9.53. The van der Waals surface area contributed by atoms with Crippen LogP contribution in [0.5, 0.6) is 0 Å². The predicted molar refractivity (Wildman–Crippen MR) is 172 cm³/mol. The van der Waals surface area contributed by atoms with Crippen molar-refractivity contribution in [2.45, 2.75) is 0 Å². The molecular formula is C38H22OS. The van der Waals surface area contributed by atoms with Crippen LogP contribution in [0.25, 0.3) is 85.7 Å². The van der Waals surface area contributed by atoms with Gasteiger partial charge >= 0.3 is 0 Å². The number of thiophene rings is 1. The molecule has 0 aliphatic rings. The highest BCUT2D eigenvalue weighted by atomic mass is 32.1. The molecule has 0 spiro atoms. The lowest BCUT2D eigenvalue weighted by molar-refractivity contribution is 0.616. The summed E-state index contributed by atoms with van der Waals surface area (Å²) in [6.07, 6.45) is 1.78. The maximum absolute atomic E-state index is 5.76. The van der Waals surface area contributed by atoms with Gasteiger partial charge in [0.1, 0.15) is 5.58 Å². The van der Waals surface area contributed by atoms with Crippen molar-refractivity contribution in [3.63, 3.8) is 0 Å². The first-order valence-electron chi connectivity index (χ1n) is 13.6. The second kappa shape index (κ2) is 8.29. The molecule has 7 aromatic carbocycles. The summed E-state index contributed by atoms with van der Waals surface area (Å²) in [5, 5.41) is 11.3. The van der Waals surface area contributed by atoms with Crippen LogP contribution in [-0.2, 0) is 0 Å². The average Bonchev–Trinajstić information content (AvgIpc) is 3.62. The molecule has 2 heterocycles. The van der Waals surface area contributed by atoms with Gasteiger partial charge in [-0.2, -0.15) is 0 Å². The zero-order chi connectivity index (χ0) is 26.2. The molecule has 9 aromatic rings. The molecule has 0 saturated heterocycles. The molecular weight excluding hydrogens is 504 g/mol. The van der Waals surface area contributed by atoms with E-state index in [-0.39, 0.29) is 0 Å². The minimum absolute atomic E-state index is 0.938. The third-order valence-electron chi connectivity index (χ3n) is 8.33. The molecule has 2 aromatic heterocycles. The minimum Gasteiger partial charge on any atom is -0.464 e. The van der Waals surface area contributed by atoms with E-state index in [1.54, 1.807) is 6.26 Å². The van der Waals surface area contributed by atoms with Crippen molar-refractivity contribution in [2.24, 2.45) is 0 Å². The highest BCUT2D eigenvalue weighted by Crippen LogP contribution is 2.48. The monoisotopic (exact) mass is 526 g/mol. The maximum atomic E-state index is 5.76. The summed E-state index contributed by atoms with van der Waals surface area (Å²) in [6.45, 7) is 0. The fraction of sp³-hybridized carbons (Fsp3) is 0. The van der Waals surface area contributed by atoms with Gasteiger partial charge in [0, 0.05) is 31.1 Å². The first-order valence-corrected chi connectivity index (χ1v) is 14.4. The molecule has 9 rings (SSSR count). The lowest BCUT2D eigenvalue weighted by Gasteiger charge is -2.19. The largest absolute Gasteiger partial charge is 0.464 e. The highest BCUT2D eigenvalue weighted by molar-refractivity contribution is 7.26. The SMILES string of the molecule is c1ccc2c(-c3c4ccccc4c(-c4cccc5c4sc4cc6ccoc6cc45)c4ccccc34)cccc2c1. The molecule has 0 saturated carbocycles. The summed E-state index contributed by atoms with van der Waals surface area (Å²) < 4.78 is 8.37. The summed E-state index contributed by atoms with van der Waals surface area (Å²) in [7, 11) is 0. The van der Waals surface area contributed by atoms with Gasteiger partial charge in [0.25, 0.3) is 0 Å². The quantitative estimate of drug-likeness (QED) is 0.204. The van der Waals surface area contributed by atoms with Gasteiger partial charge in [-0.05, 0) is 67.2 Å². The van der Waals surface area contributed by atoms with Gasteiger partial charge in [-0.15, -0.1) is 11.3 Å². The Bertz CT molecular complexity index is 2380. The minimum atomic E-state index is 0.938. The van der Waals surface area contributed by atoms with Gasteiger partial charge < -0.3 is 4.42 Å². The Morgan fingerprint density at radius 2 is 1.00 bits per heavy atom. The Labute approximate surface area is 234 Å². The van der Waals surface area contributed by atoms with Gasteiger partial charge in [0.15, 0.2) is 0 Å². The van der Waals surface area contributed by atoms with Gasteiger partial charge in [-0.25, -0.2) is 0 Å². The van der Waals surface area contributed by atoms with Gasteiger partial charge in [-0.3, -0.25) is 0 Å². The smallest absolute Gasteiger partial charge is 0.134 e. The van der Waals surface area contributed by atoms with Crippen molar-refractivity contribution < 1.29 is 4.42 Å². The van der Waals surface area contributed by atoms with E-state index in [0.717, 1.165) is 11.0 Å². The summed E-state index contributed by atoms with van der Waals surface area (Å²) >= 11 is 1.88. The standard InChI is InChI=1S/C38H22OS/c1-2-11-25-23(9-1)10-7-16-26(25)36-27-12-3-5-14-29(27)37(30-15-6-4-13-28(30)36)32-18-8-17-31-33-22-34-24(19-20-39-34)21-35(33)40-38(31)32/h1-22H. The summed E-state index contributed by atoms with van der Waals surface area (Å²) in [4.78, 5) is 0. The fourth-order valence-electron chi connectivity index (χ4n) is 6.60. The number of furan rings is 1. The van der Waals surface area contributed by atoms with Crippen LogP contribution >= 0.6 is 11.3 Å². The third kappa shape index (κ3) is 3.03. The summed E-state index contributed by atoms with van der Waals surface area (Å²) in [6, 6.07) is 46.5. The molecule has 0 amide bonds. The molecule has 0 atom stereocenters. The van der Waals surface area contributed by atoms with Gasteiger partial charge in [0.2, 0.25) is 0 Å². The van der Waals surface area contributed by atoms with E-state index in [9.17, 15) is 0 Å². The van der Waals surface area contributed by atoms with Crippen molar-refractivity contribution >= 4 is 74.8 Å². The van der Waals surface area contributed by atoms with Crippen LogP contribution in [0.4, 0.5) is 0 Å². The van der Waals surface area contributed by atoms with Gasteiger partial charge in [-0.1, -0.05) is 109 Å². The Morgan fingerprint density at radius 1 is 0.425 bits per heavy atom. The van der Waals surface area contributed by atoms with E-state index in [1.807, 2.05) is 17.4 Å². The van der Waals surface area contributed by atoms with Crippen LogP contribution in [0.3, 0.4) is 0 Å². The Kier molecular flexibility index (Phi) is 4.55. The van der Waals surface area contributed by atoms with E-state index in [2.05, 4.69) is 121 Å². The lowest BCUT2D eigenvalue weighted by Crippen LogP contribution is -1.91. The number of benzene rings is 7. The van der Waals surface area contributed by atoms with Crippen LogP contribution < -0.4 is 0 Å². The normalized spacial score (nSPS) is 12.0. The van der Waals surface area contributed by atoms with Crippen molar-refractivity contribution in [1.82, 2.24) is 0 Å². The molecule has 1 nitrogen and oxygen atoms in total. The summed E-state index contributed by atoms with van der Waals surface area (Å²) in [5.41, 5.74) is 6.10. The lowest BCUT2D eigenvalue weighted by atomic mass is 9.84. The second-order valence-corrected chi connectivity index (χ2v) is 11.5. The van der Waals surface area contributed by atoms with Gasteiger partial charge in [0.05, 0.1) is 6.26 Å². The van der Waals surface area contributed by atoms with Crippen molar-refractivity contribution in [2.75, 3.05) is 0 Å². The highest BCUT2D eigenvalue weighted by Gasteiger charge is 2.20. The van der Waals surface area contributed by atoms with Crippen LogP contribution in [-0.4, -0.2) is 0 Å². The number of hydrogen-bond donors (Lipinski definition) is 0. The Hall–Kier alpha value is -4.92. The molecule has 2 heteroatoms. The molecule has 0 unspecified atom stereocenters. The number of hydrogen-bond acceptors (Lipinski definition) is 2. The Morgan fingerprint density at radius 3 is 1.75 bits per heavy atom. The fourth-order valence-corrected chi connectivity index (χ4v) is 7.85. The zero-order valence-electron chi connectivity index (χ0n) is 21.5. The van der Waals surface area contributed by atoms with E-state index >= 15 is 0 Å². The van der Waals surface area contributed by atoms with E-state index in [4.69, 9.17) is 4.42 Å². The molecule has 0 radical (unpaired) electrons. The molecule has 0 aliphatic carbocycles. The molecule has 40 heavy (non-hydrogen) atoms. The first-order chi connectivity index (χ1) is 19.8. The van der Waals surface area contributed by atoms with Crippen molar-refractivity contribution in [3.05, 3.63) is 134 Å². The number of fused-ring (bicyclic) bond motifs is 7. The Balaban J connectivity index is 1.44. The van der Waals surface area contributed by atoms with E-state index < -0.39 is 0 Å². The molecule has 186 valence electrons. The molecule has 0 aliphatic heterocycles.